The third-order valence-corrected chi connectivity index (χ3v) is 7.78. The molecule has 7 nitrogen and oxygen atoms in total. The maximum atomic E-state index is 13.1. The van der Waals surface area contributed by atoms with Crippen LogP contribution >= 0.6 is 23.1 Å². The van der Waals surface area contributed by atoms with Crippen molar-refractivity contribution < 1.29 is 9.59 Å². The minimum Gasteiger partial charge on any atom is -0.365 e. The van der Waals surface area contributed by atoms with Gasteiger partial charge in [-0.2, -0.15) is 0 Å². The van der Waals surface area contributed by atoms with Gasteiger partial charge < -0.3 is 11.1 Å². The number of nitrogens with two attached hydrogens (primary N) is 1. The van der Waals surface area contributed by atoms with Gasteiger partial charge in [0.05, 0.1) is 16.3 Å². The van der Waals surface area contributed by atoms with Crippen molar-refractivity contribution in [2.75, 3.05) is 5.32 Å². The average Bonchev–Trinajstić information content (AvgIpc) is 3.26. The van der Waals surface area contributed by atoms with Crippen LogP contribution < -0.4 is 11.1 Å². The molecule has 3 N–H and O–H groups in total. The number of pyridine rings is 1. The number of amides is 2. The Hall–Kier alpha value is -2.91. The first-order valence-corrected chi connectivity index (χ1v) is 11.6. The standard InChI is InChI=1S/C22H23N5O2S2/c1-5-16(20(29)24-21-18(19(23)28)12(3)13(4)30-21)31-22-26-25-17-10-11(2)14-8-6-7-9-15(14)27(17)22/h6-10,16H,5H2,1-4H3,(H2,23,28)(H,24,29). The predicted molar refractivity (Wildman–Crippen MR) is 126 cm³/mol. The summed E-state index contributed by atoms with van der Waals surface area (Å²) in [5.74, 6) is -0.729. The fourth-order valence-electron chi connectivity index (χ4n) is 3.60. The number of fused-ring (bicyclic) bond motifs is 3. The highest BCUT2D eigenvalue weighted by Gasteiger charge is 2.25. The van der Waals surface area contributed by atoms with E-state index in [2.05, 4.69) is 21.6 Å². The van der Waals surface area contributed by atoms with Crippen LogP contribution in [0, 0.1) is 20.8 Å². The second-order valence-electron chi connectivity index (χ2n) is 7.38. The Kier molecular flexibility index (Phi) is 5.72. The van der Waals surface area contributed by atoms with Crippen LogP contribution in [0.2, 0.25) is 0 Å². The molecule has 0 saturated carbocycles. The number of benzene rings is 1. The maximum absolute atomic E-state index is 13.1. The molecule has 3 heterocycles. The first-order valence-electron chi connectivity index (χ1n) is 9.92. The molecule has 31 heavy (non-hydrogen) atoms. The van der Waals surface area contributed by atoms with E-state index in [-0.39, 0.29) is 5.91 Å². The molecule has 1 aromatic carbocycles. The van der Waals surface area contributed by atoms with Crippen molar-refractivity contribution in [1.82, 2.24) is 14.6 Å². The number of thioether (sulfide) groups is 1. The van der Waals surface area contributed by atoms with E-state index >= 15 is 0 Å². The summed E-state index contributed by atoms with van der Waals surface area (Å²) in [7, 11) is 0. The molecule has 1 unspecified atom stereocenters. The number of nitrogens with zero attached hydrogens (tertiary/aromatic N) is 3. The van der Waals surface area contributed by atoms with E-state index in [4.69, 9.17) is 5.73 Å². The molecule has 4 aromatic rings. The lowest BCUT2D eigenvalue weighted by atomic mass is 10.1. The van der Waals surface area contributed by atoms with Gasteiger partial charge in [0.2, 0.25) is 5.91 Å². The van der Waals surface area contributed by atoms with Crippen LogP contribution in [0.3, 0.4) is 0 Å². The van der Waals surface area contributed by atoms with E-state index in [0.29, 0.717) is 22.1 Å². The number of rotatable bonds is 6. The van der Waals surface area contributed by atoms with Gasteiger partial charge >= 0.3 is 0 Å². The molecule has 2 amide bonds. The smallest absolute Gasteiger partial charge is 0.251 e. The fourth-order valence-corrected chi connectivity index (χ4v) is 5.65. The molecule has 0 aliphatic heterocycles. The van der Waals surface area contributed by atoms with E-state index < -0.39 is 11.2 Å². The van der Waals surface area contributed by atoms with E-state index in [1.807, 2.05) is 56.4 Å². The Morgan fingerprint density at radius 1 is 1.23 bits per heavy atom. The Labute approximate surface area is 188 Å². The minimum absolute atomic E-state index is 0.190. The van der Waals surface area contributed by atoms with E-state index in [9.17, 15) is 9.59 Å². The van der Waals surface area contributed by atoms with Crippen LogP contribution in [0.15, 0.2) is 35.5 Å². The lowest BCUT2D eigenvalue weighted by Crippen LogP contribution is -2.26. The molecule has 0 saturated heterocycles. The number of thiophene rings is 1. The zero-order valence-corrected chi connectivity index (χ0v) is 19.4. The Balaban J connectivity index is 1.67. The van der Waals surface area contributed by atoms with E-state index in [1.54, 1.807) is 0 Å². The second-order valence-corrected chi connectivity index (χ2v) is 9.77. The van der Waals surface area contributed by atoms with Gasteiger partial charge in [-0.25, -0.2) is 0 Å². The molecule has 1 atom stereocenters. The molecule has 0 spiro atoms. The predicted octanol–water partition coefficient (Wildman–Crippen LogP) is 4.48. The van der Waals surface area contributed by atoms with Crippen molar-refractivity contribution in [3.63, 3.8) is 0 Å². The Morgan fingerprint density at radius 3 is 2.68 bits per heavy atom. The van der Waals surface area contributed by atoms with Gasteiger partial charge in [-0.1, -0.05) is 36.9 Å². The van der Waals surface area contributed by atoms with Crippen LogP contribution in [-0.4, -0.2) is 31.7 Å². The van der Waals surface area contributed by atoms with Crippen molar-refractivity contribution in [1.29, 1.82) is 0 Å². The number of nitrogens with one attached hydrogen (secondary N) is 1. The number of anilines is 1. The van der Waals surface area contributed by atoms with Crippen molar-refractivity contribution in [3.8, 4) is 0 Å². The van der Waals surface area contributed by atoms with Crippen molar-refractivity contribution in [2.45, 2.75) is 44.5 Å². The molecular weight excluding hydrogens is 430 g/mol. The highest BCUT2D eigenvalue weighted by molar-refractivity contribution is 8.00. The van der Waals surface area contributed by atoms with Crippen molar-refractivity contribution in [2.24, 2.45) is 5.73 Å². The van der Waals surface area contributed by atoms with Gasteiger partial charge in [0, 0.05) is 10.3 Å². The third kappa shape index (κ3) is 3.79. The second kappa shape index (κ2) is 8.32. The SMILES string of the molecule is CCC(Sc1nnc2cc(C)c3ccccc3n12)C(=O)Nc1sc(C)c(C)c1C(N)=O. The van der Waals surface area contributed by atoms with Gasteiger partial charge in [0.1, 0.15) is 5.00 Å². The van der Waals surface area contributed by atoms with Crippen LogP contribution in [0.5, 0.6) is 0 Å². The van der Waals surface area contributed by atoms with Gasteiger partial charge in [0.15, 0.2) is 10.8 Å². The van der Waals surface area contributed by atoms with Crippen LogP contribution in [0.25, 0.3) is 16.6 Å². The summed E-state index contributed by atoms with van der Waals surface area (Å²) in [6.07, 6.45) is 0.588. The molecule has 3 aromatic heterocycles. The quantitative estimate of drug-likeness (QED) is 0.419. The van der Waals surface area contributed by atoms with Crippen molar-refractivity contribution >= 4 is 56.5 Å². The third-order valence-electron chi connectivity index (χ3n) is 5.35. The lowest BCUT2D eigenvalue weighted by molar-refractivity contribution is -0.115. The summed E-state index contributed by atoms with van der Waals surface area (Å²) >= 11 is 2.73. The zero-order valence-electron chi connectivity index (χ0n) is 17.7. The number of hydrogen-bond acceptors (Lipinski definition) is 6. The summed E-state index contributed by atoms with van der Waals surface area (Å²) in [4.78, 5) is 25.9. The molecule has 160 valence electrons. The van der Waals surface area contributed by atoms with E-state index in [1.165, 1.54) is 23.1 Å². The van der Waals surface area contributed by atoms with Gasteiger partial charge in [-0.05, 0) is 50.5 Å². The van der Waals surface area contributed by atoms with Crippen LogP contribution in [0.1, 0.15) is 39.7 Å². The van der Waals surface area contributed by atoms with Gasteiger partial charge in [-0.3, -0.25) is 14.0 Å². The molecule has 0 radical (unpaired) electrons. The molecular formula is C22H23N5O2S2. The largest absolute Gasteiger partial charge is 0.365 e. The fraction of sp³-hybridized carbons (Fsp3) is 0.273. The average molecular weight is 454 g/mol. The molecule has 9 heteroatoms. The molecule has 0 bridgehead atoms. The molecule has 0 fully saturated rings. The number of primary amides is 1. The summed E-state index contributed by atoms with van der Waals surface area (Å²) in [6.45, 7) is 7.74. The van der Waals surface area contributed by atoms with Crippen LogP contribution in [0.4, 0.5) is 5.00 Å². The lowest BCUT2D eigenvalue weighted by Gasteiger charge is -2.14. The molecule has 0 aliphatic rings. The summed E-state index contributed by atoms with van der Waals surface area (Å²) in [6, 6.07) is 10.1. The van der Waals surface area contributed by atoms with E-state index in [0.717, 1.165) is 32.6 Å². The number of carbonyl (C=O) groups is 2. The topological polar surface area (TPSA) is 102 Å². The number of aryl methyl sites for hydroxylation is 2. The molecule has 4 rings (SSSR count). The monoisotopic (exact) mass is 453 g/mol. The van der Waals surface area contributed by atoms with Gasteiger partial charge in [-0.15, -0.1) is 21.5 Å². The van der Waals surface area contributed by atoms with Crippen molar-refractivity contribution in [3.05, 3.63) is 51.9 Å². The zero-order chi connectivity index (χ0) is 22.3. The number of aromatic nitrogens is 3. The highest BCUT2D eigenvalue weighted by Crippen LogP contribution is 2.34. The highest BCUT2D eigenvalue weighted by atomic mass is 32.2. The summed E-state index contributed by atoms with van der Waals surface area (Å²) in [5, 5.41) is 13.4. The first-order chi connectivity index (χ1) is 14.8. The maximum Gasteiger partial charge on any atom is 0.251 e. The Morgan fingerprint density at radius 2 is 1.97 bits per heavy atom. The summed E-state index contributed by atoms with van der Waals surface area (Å²) < 4.78 is 1.98. The minimum atomic E-state index is -0.539. The first kappa shape index (κ1) is 21.3. The number of carbonyl (C=O) groups excluding carboxylic acids is 2. The van der Waals surface area contributed by atoms with Gasteiger partial charge in [0.25, 0.3) is 5.91 Å². The normalized spacial score (nSPS) is 12.4. The summed E-state index contributed by atoms with van der Waals surface area (Å²) in [5.41, 5.74) is 9.59. The molecule has 0 aliphatic carbocycles. The number of hydrogen-bond donors (Lipinski definition) is 2. The Bertz CT molecular complexity index is 1320. The number of para-hydroxylation sites is 1. The van der Waals surface area contributed by atoms with Crippen LogP contribution in [-0.2, 0) is 4.79 Å².